The predicted molar refractivity (Wildman–Crippen MR) is 55.2 cm³/mol. The zero-order valence-electron chi connectivity index (χ0n) is 9.08. The molecule has 1 rings (SSSR count). The second-order valence-corrected chi connectivity index (χ2v) is 3.58. The molecule has 0 aliphatic carbocycles. The topological polar surface area (TPSA) is 41.6 Å². The van der Waals surface area contributed by atoms with E-state index < -0.39 is 0 Å². The van der Waals surface area contributed by atoms with Gasteiger partial charge in [0, 0.05) is 25.7 Å². The van der Waals surface area contributed by atoms with Crippen LogP contribution in [0.25, 0.3) is 0 Å². The minimum absolute atomic E-state index is 0.129. The van der Waals surface area contributed by atoms with Crippen molar-refractivity contribution in [2.45, 2.75) is 25.8 Å². The van der Waals surface area contributed by atoms with Crippen molar-refractivity contribution in [3.63, 3.8) is 0 Å². The normalized spacial score (nSPS) is 21.6. The number of ether oxygens (including phenoxy) is 1. The first-order valence-electron chi connectivity index (χ1n) is 5.31. The maximum atomic E-state index is 11.7. The highest BCUT2D eigenvalue weighted by Gasteiger charge is 2.27. The SMILES string of the molecule is CCOCC(=O)N1CCCC1CNC. The number of rotatable bonds is 5. The van der Waals surface area contributed by atoms with E-state index in [1.807, 2.05) is 18.9 Å². The van der Waals surface area contributed by atoms with Crippen LogP contribution < -0.4 is 5.32 Å². The molecule has 0 radical (unpaired) electrons. The molecule has 82 valence electrons. The third kappa shape index (κ3) is 2.96. The van der Waals surface area contributed by atoms with Gasteiger partial charge in [0.15, 0.2) is 0 Å². The molecule has 1 saturated heterocycles. The third-order valence-corrected chi connectivity index (χ3v) is 2.57. The Morgan fingerprint density at radius 2 is 2.43 bits per heavy atom. The summed E-state index contributed by atoms with van der Waals surface area (Å²) in [7, 11) is 1.92. The Morgan fingerprint density at radius 3 is 3.07 bits per heavy atom. The van der Waals surface area contributed by atoms with E-state index in [0.29, 0.717) is 12.6 Å². The summed E-state index contributed by atoms with van der Waals surface area (Å²) >= 11 is 0. The molecule has 1 unspecified atom stereocenters. The number of carbonyl (C=O) groups is 1. The molecule has 0 aromatic carbocycles. The molecule has 14 heavy (non-hydrogen) atoms. The average Bonchev–Trinajstić information content (AvgIpc) is 2.63. The number of hydrogen-bond acceptors (Lipinski definition) is 3. The lowest BCUT2D eigenvalue weighted by Gasteiger charge is -2.24. The van der Waals surface area contributed by atoms with E-state index in [0.717, 1.165) is 25.9 Å². The van der Waals surface area contributed by atoms with Crippen LogP contribution in [0.4, 0.5) is 0 Å². The molecule has 1 fully saturated rings. The first kappa shape index (κ1) is 11.5. The van der Waals surface area contributed by atoms with Gasteiger partial charge in [-0.15, -0.1) is 0 Å². The number of likely N-dealkylation sites (N-methyl/N-ethyl adjacent to an activating group) is 1. The fourth-order valence-corrected chi connectivity index (χ4v) is 1.88. The molecule has 1 amide bonds. The van der Waals surface area contributed by atoms with Crippen LogP contribution in [0.3, 0.4) is 0 Å². The zero-order valence-corrected chi connectivity index (χ0v) is 9.08. The van der Waals surface area contributed by atoms with Gasteiger partial charge < -0.3 is 15.0 Å². The molecule has 4 heteroatoms. The largest absolute Gasteiger partial charge is 0.372 e. The van der Waals surface area contributed by atoms with Gasteiger partial charge in [-0.3, -0.25) is 4.79 Å². The molecular weight excluding hydrogens is 180 g/mol. The first-order chi connectivity index (χ1) is 6.79. The van der Waals surface area contributed by atoms with Crippen LogP contribution in [0.2, 0.25) is 0 Å². The molecule has 0 spiro atoms. The molecule has 0 aromatic heterocycles. The first-order valence-corrected chi connectivity index (χ1v) is 5.31. The van der Waals surface area contributed by atoms with Crippen LogP contribution in [0.1, 0.15) is 19.8 Å². The van der Waals surface area contributed by atoms with Gasteiger partial charge in [0.25, 0.3) is 0 Å². The van der Waals surface area contributed by atoms with E-state index in [4.69, 9.17) is 4.74 Å². The second kappa shape index (κ2) is 5.98. The Hall–Kier alpha value is -0.610. The van der Waals surface area contributed by atoms with Gasteiger partial charge in [-0.2, -0.15) is 0 Å². The molecule has 1 N–H and O–H groups in total. The van der Waals surface area contributed by atoms with Crippen molar-refractivity contribution >= 4 is 5.91 Å². The number of hydrogen-bond donors (Lipinski definition) is 1. The Balaban J connectivity index is 2.36. The maximum absolute atomic E-state index is 11.7. The van der Waals surface area contributed by atoms with E-state index in [2.05, 4.69) is 5.32 Å². The quantitative estimate of drug-likeness (QED) is 0.691. The Morgan fingerprint density at radius 1 is 1.64 bits per heavy atom. The summed E-state index contributed by atoms with van der Waals surface area (Å²) in [6.45, 7) is 4.52. The number of carbonyl (C=O) groups excluding carboxylic acids is 1. The van der Waals surface area contributed by atoms with Gasteiger partial charge in [-0.25, -0.2) is 0 Å². The van der Waals surface area contributed by atoms with Gasteiger partial charge in [0.1, 0.15) is 6.61 Å². The smallest absolute Gasteiger partial charge is 0.248 e. The molecule has 0 aromatic rings. The lowest BCUT2D eigenvalue weighted by molar-refractivity contribution is -0.136. The highest BCUT2D eigenvalue weighted by molar-refractivity contribution is 5.78. The van der Waals surface area contributed by atoms with Crippen LogP contribution in [0.5, 0.6) is 0 Å². The molecule has 4 nitrogen and oxygen atoms in total. The van der Waals surface area contributed by atoms with Crippen molar-refractivity contribution in [2.24, 2.45) is 0 Å². The minimum Gasteiger partial charge on any atom is -0.372 e. The van der Waals surface area contributed by atoms with Gasteiger partial charge in [-0.05, 0) is 26.8 Å². The van der Waals surface area contributed by atoms with Gasteiger partial charge in [-0.1, -0.05) is 0 Å². The standard InChI is InChI=1S/C10H20N2O2/c1-3-14-8-10(13)12-6-4-5-9(12)7-11-2/h9,11H,3-8H2,1-2H3. The number of amides is 1. The Bertz CT molecular complexity index is 185. The highest BCUT2D eigenvalue weighted by Crippen LogP contribution is 2.16. The summed E-state index contributed by atoms with van der Waals surface area (Å²) < 4.78 is 5.12. The average molecular weight is 200 g/mol. The zero-order chi connectivity index (χ0) is 10.4. The summed E-state index contributed by atoms with van der Waals surface area (Å²) in [4.78, 5) is 13.6. The van der Waals surface area contributed by atoms with E-state index in [1.54, 1.807) is 0 Å². The van der Waals surface area contributed by atoms with Crippen LogP contribution in [0, 0.1) is 0 Å². The van der Waals surface area contributed by atoms with Crippen molar-refractivity contribution in [1.82, 2.24) is 10.2 Å². The van der Waals surface area contributed by atoms with Gasteiger partial charge in [0.2, 0.25) is 5.91 Å². The summed E-state index contributed by atoms with van der Waals surface area (Å²) in [6, 6.07) is 0.368. The predicted octanol–water partition coefficient (Wildman–Crippen LogP) is 0.233. The highest BCUT2D eigenvalue weighted by atomic mass is 16.5. The van der Waals surface area contributed by atoms with Crippen molar-refractivity contribution < 1.29 is 9.53 Å². The Labute approximate surface area is 85.6 Å². The summed E-state index contributed by atoms with van der Waals surface area (Å²) in [6.07, 6.45) is 2.23. The fourth-order valence-electron chi connectivity index (χ4n) is 1.88. The monoisotopic (exact) mass is 200 g/mol. The maximum Gasteiger partial charge on any atom is 0.248 e. The second-order valence-electron chi connectivity index (χ2n) is 3.58. The van der Waals surface area contributed by atoms with Crippen molar-refractivity contribution in [3.8, 4) is 0 Å². The molecule has 0 saturated carbocycles. The molecule has 1 heterocycles. The molecule has 1 aliphatic heterocycles. The summed E-state index contributed by atoms with van der Waals surface area (Å²) in [5.41, 5.74) is 0. The van der Waals surface area contributed by atoms with Crippen molar-refractivity contribution in [2.75, 3.05) is 33.4 Å². The van der Waals surface area contributed by atoms with Gasteiger partial charge >= 0.3 is 0 Å². The van der Waals surface area contributed by atoms with Crippen LogP contribution >= 0.6 is 0 Å². The van der Waals surface area contributed by atoms with E-state index >= 15 is 0 Å². The number of nitrogens with one attached hydrogen (secondary N) is 1. The van der Waals surface area contributed by atoms with E-state index in [-0.39, 0.29) is 12.5 Å². The van der Waals surface area contributed by atoms with E-state index in [1.165, 1.54) is 0 Å². The lowest BCUT2D eigenvalue weighted by atomic mass is 10.2. The van der Waals surface area contributed by atoms with Crippen LogP contribution in [0.15, 0.2) is 0 Å². The fraction of sp³-hybridized carbons (Fsp3) is 0.900. The van der Waals surface area contributed by atoms with Crippen molar-refractivity contribution in [1.29, 1.82) is 0 Å². The van der Waals surface area contributed by atoms with Crippen LogP contribution in [-0.4, -0.2) is 50.2 Å². The van der Waals surface area contributed by atoms with Crippen LogP contribution in [-0.2, 0) is 9.53 Å². The van der Waals surface area contributed by atoms with Crippen molar-refractivity contribution in [3.05, 3.63) is 0 Å². The molecule has 1 atom stereocenters. The number of likely N-dealkylation sites (tertiary alicyclic amines) is 1. The summed E-state index contributed by atoms with van der Waals surface area (Å²) in [5.74, 6) is 0.129. The molecule has 0 bridgehead atoms. The summed E-state index contributed by atoms with van der Waals surface area (Å²) in [5, 5.41) is 3.12. The lowest BCUT2D eigenvalue weighted by Crippen LogP contribution is -2.42. The van der Waals surface area contributed by atoms with E-state index in [9.17, 15) is 4.79 Å². The van der Waals surface area contributed by atoms with Gasteiger partial charge in [0.05, 0.1) is 0 Å². The number of nitrogens with zero attached hydrogens (tertiary/aromatic N) is 1. The molecule has 1 aliphatic rings. The molecular formula is C10H20N2O2. The minimum atomic E-state index is 0.129. The third-order valence-electron chi connectivity index (χ3n) is 2.57. The Kier molecular flexibility index (Phi) is 4.90.